The fraction of sp³-hybridized carbons (Fsp3) is 0.412. The number of hydrogen-bond donors (Lipinski definition) is 1. The van der Waals surface area contributed by atoms with E-state index in [4.69, 9.17) is 0 Å². The number of aromatic nitrogens is 1. The molecule has 1 saturated carbocycles. The van der Waals surface area contributed by atoms with Crippen molar-refractivity contribution in [3.63, 3.8) is 0 Å². The summed E-state index contributed by atoms with van der Waals surface area (Å²) in [6.07, 6.45) is 6.73. The number of benzene rings is 1. The SMILES string of the molecule is O=C(O)c1c(N2CCC3(CC2)CC3)cc(Br)c2ncccc12. The molecule has 2 aliphatic rings. The highest BCUT2D eigenvalue weighted by Gasteiger charge is 2.44. The predicted octanol–water partition coefficient (Wildman–Crippen LogP) is 4.08. The van der Waals surface area contributed by atoms with Crippen LogP contribution in [-0.2, 0) is 0 Å². The number of fused-ring (bicyclic) bond motifs is 1. The summed E-state index contributed by atoms with van der Waals surface area (Å²) < 4.78 is 0.856. The molecule has 2 aromatic rings. The van der Waals surface area contributed by atoms with E-state index in [-0.39, 0.29) is 0 Å². The number of nitrogens with zero attached hydrogens (tertiary/aromatic N) is 2. The molecule has 1 aromatic heterocycles. The molecule has 5 heteroatoms. The van der Waals surface area contributed by atoms with Gasteiger partial charge in [0.1, 0.15) is 0 Å². The molecular weight excluding hydrogens is 344 g/mol. The van der Waals surface area contributed by atoms with Crippen molar-refractivity contribution in [2.45, 2.75) is 25.7 Å². The second-order valence-electron chi connectivity index (χ2n) is 6.44. The number of piperidine rings is 1. The van der Waals surface area contributed by atoms with Crippen molar-refractivity contribution in [2.24, 2.45) is 5.41 Å². The van der Waals surface area contributed by atoms with E-state index in [0.29, 0.717) is 21.9 Å². The molecule has 22 heavy (non-hydrogen) atoms. The summed E-state index contributed by atoms with van der Waals surface area (Å²) in [5.41, 5.74) is 2.47. The molecule has 4 nitrogen and oxygen atoms in total. The summed E-state index contributed by atoms with van der Waals surface area (Å²) in [5.74, 6) is -0.882. The van der Waals surface area contributed by atoms with Gasteiger partial charge in [-0.2, -0.15) is 0 Å². The maximum absolute atomic E-state index is 11.9. The van der Waals surface area contributed by atoms with Crippen molar-refractivity contribution in [1.82, 2.24) is 4.98 Å². The van der Waals surface area contributed by atoms with Gasteiger partial charge in [-0.25, -0.2) is 4.79 Å². The van der Waals surface area contributed by atoms with Crippen LogP contribution in [0.25, 0.3) is 10.9 Å². The monoisotopic (exact) mass is 360 g/mol. The summed E-state index contributed by atoms with van der Waals surface area (Å²) >= 11 is 3.55. The van der Waals surface area contributed by atoms with Crippen LogP contribution in [0.2, 0.25) is 0 Å². The second kappa shape index (κ2) is 4.95. The first-order valence-corrected chi connectivity index (χ1v) is 8.44. The molecule has 114 valence electrons. The summed E-state index contributed by atoms with van der Waals surface area (Å²) in [5, 5.41) is 10.4. The Kier molecular flexibility index (Phi) is 3.15. The van der Waals surface area contributed by atoms with E-state index in [0.717, 1.165) is 23.2 Å². The van der Waals surface area contributed by atoms with Gasteiger partial charge < -0.3 is 10.0 Å². The van der Waals surface area contributed by atoms with Crippen LogP contribution < -0.4 is 4.90 Å². The zero-order valence-electron chi connectivity index (χ0n) is 12.2. The van der Waals surface area contributed by atoms with Crippen molar-refractivity contribution in [3.8, 4) is 0 Å². The number of carboxylic acids is 1. The van der Waals surface area contributed by atoms with Gasteiger partial charge in [0.2, 0.25) is 0 Å². The van der Waals surface area contributed by atoms with Gasteiger partial charge in [-0.15, -0.1) is 0 Å². The third-order valence-corrected chi connectivity index (χ3v) is 5.76. The third-order valence-electron chi connectivity index (χ3n) is 5.16. The number of hydrogen-bond acceptors (Lipinski definition) is 3. The lowest BCUT2D eigenvalue weighted by atomic mass is 9.92. The van der Waals surface area contributed by atoms with E-state index < -0.39 is 5.97 Å². The van der Waals surface area contributed by atoms with Crippen molar-refractivity contribution >= 4 is 38.5 Å². The normalized spacial score (nSPS) is 19.6. The lowest BCUT2D eigenvalue weighted by Crippen LogP contribution is -2.35. The molecule has 1 N–H and O–H groups in total. The Bertz CT molecular complexity index is 761. The van der Waals surface area contributed by atoms with Crippen LogP contribution in [-0.4, -0.2) is 29.1 Å². The number of pyridine rings is 1. The fourth-order valence-electron chi connectivity index (χ4n) is 3.57. The zero-order valence-corrected chi connectivity index (χ0v) is 13.8. The lowest BCUT2D eigenvalue weighted by Gasteiger charge is -2.35. The Labute approximate surface area is 137 Å². The first-order chi connectivity index (χ1) is 10.6. The van der Waals surface area contributed by atoms with Gasteiger partial charge in [0.25, 0.3) is 0 Å². The molecule has 0 radical (unpaired) electrons. The lowest BCUT2D eigenvalue weighted by molar-refractivity contribution is 0.0699. The molecule has 0 amide bonds. The van der Waals surface area contributed by atoms with E-state index in [9.17, 15) is 9.90 Å². The molecule has 1 spiro atoms. The molecule has 0 unspecified atom stereocenters. The average molecular weight is 361 g/mol. The summed E-state index contributed by atoms with van der Waals surface area (Å²) in [4.78, 5) is 18.4. The Hall–Kier alpha value is -1.62. The minimum atomic E-state index is -0.882. The smallest absolute Gasteiger partial charge is 0.338 e. The van der Waals surface area contributed by atoms with Crippen molar-refractivity contribution in [1.29, 1.82) is 0 Å². The van der Waals surface area contributed by atoms with E-state index in [2.05, 4.69) is 25.8 Å². The molecule has 2 fully saturated rings. The van der Waals surface area contributed by atoms with E-state index in [1.807, 2.05) is 12.1 Å². The highest BCUT2D eigenvalue weighted by Crippen LogP contribution is 2.54. The molecule has 4 rings (SSSR count). The molecule has 0 bridgehead atoms. The van der Waals surface area contributed by atoms with Gasteiger partial charge >= 0.3 is 5.97 Å². The van der Waals surface area contributed by atoms with Crippen LogP contribution in [0.5, 0.6) is 0 Å². The molecule has 1 aliphatic heterocycles. The van der Waals surface area contributed by atoms with Gasteiger partial charge in [-0.3, -0.25) is 4.98 Å². The number of rotatable bonds is 2. The first kappa shape index (κ1) is 14.0. The molecular formula is C17H17BrN2O2. The average Bonchev–Trinajstić information content (AvgIpc) is 3.27. The summed E-state index contributed by atoms with van der Waals surface area (Å²) in [6, 6.07) is 5.55. The van der Waals surface area contributed by atoms with Gasteiger partial charge in [0, 0.05) is 29.1 Å². The number of carbonyl (C=O) groups is 1. The highest BCUT2D eigenvalue weighted by atomic mass is 79.9. The van der Waals surface area contributed by atoms with Crippen LogP contribution in [0.3, 0.4) is 0 Å². The number of carboxylic acid groups (broad SMARTS) is 1. The first-order valence-electron chi connectivity index (χ1n) is 7.65. The minimum absolute atomic E-state index is 0.373. The zero-order chi connectivity index (χ0) is 15.3. The Balaban J connectivity index is 1.82. The van der Waals surface area contributed by atoms with E-state index in [1.54, 1.807) is 12.3 Å². The summed E-state index contributed by atoms with van der Waals surface area (Å²) in [6.45, 7) is 1.89. The van der Waals surface area contributed by atoms with Crippen molar-refractivity contribution in [2.75, 3.05) is 18.0 Å². The quantitative estimate of drug-likeness (QED) is 0.876. The van der Waals surface area contributed by atoms with Crippen LogP contribution in [0.15, 0.2) is 28.9 Å². The molecule has 1 aromatic carbocycles. The Morgan fingerprint density at radius 1 is 1.27 bits per heavy atom. The second-order valence-corrected chi connectivity index (χ2v) is 7.30. The van der Waals surface area contributed by atoms with Gasteiger partial charge in [0.05, 0.1) is 16.8 Å². The number of anilines is 1. The van der Waals surface area contributed by atoms with Crippen LogP contribution >= 0.6 is 15.9 Å². The molecule has 1 aliphatic carbocycles. The van der Waals surface area contributed by atoms with Gasteiger partial charge in [-0.1, -0.05) is 6.07 Å². The van der Waals surface area contributed by atoms with E-state index in [1.165, 1.54) is 25.7 Å². The molecule has 2 heterocycles. The fourth-order valence-corrected chi connectivity index (χ4v) is 4.10. The van der Waals surface area contributed by atoms with Crippen LogP contribution in [0, 0.1) is 5.41 Å². The maximum atomic E-state index is 11.9. The van der Waals surface area contributed by atoms with Crippen molar-refractivity contribution in [3.05, 3.63) is 34.4 Å². The van der Waals surface area contributed by atoms with Crippen LogP contribution in [0.1, 0.15) is 36.0 Å². The standard InChI is InChI=1S/C17H17BrN2O2/c18-12-10-13(20-8-5-17(3-4-17)6-9-20)14(16(21)22)11-2-1-7-19-15(11)12/h1-2,7,10H,3-6,8-9H2,(H,21,22). The number of aromatic carboxylic acids is 1. The van der Waals surface area contributed by atoms with E-state index >= 15 is 0 Å². The largest absolute Gasteiger partial charge is 0.478 e. The van der Waals surface area contributed by atoms with Gasteiger partial charge in [-0.05, 0) is 59.2 Å². The minimum Gasteiger partial charge on any atom is -0.478 e. The number of halogens is 1. The van der Waals surface area contributed by atoms with Crippen LogP contribution in [0.4, 0.5) is 5.69 Å². The Morgan fingerprint density at radius 3 is 2.64 bits per heavy atom. The maximum Gasteiger partial charge on any atom is 0.338 e. The predicted molar refractivity (Wildman–Crippen MR) is 89.5 cm³/mol. The van der Waals surface area contributed by atoms with Crippen molar-refractivity contribution < 1.29 is 9.90 Å². The topological polar surface area (TPSA) is 53.4 Å². The molecule has 0 atom stereocenters. The Morgan fingerprint density at radius 2 is 2.00 bits per heavy atom. The third kappa shape index (κ3) is 2.19. The summed E-state index contributed by atoms with van der Waals surface area (Å²) in [7, 11) is 0. The molecule has 1 saturated heterocycles. The van der Waals surface area contributed by atoms with Gasteiger partial charge in [0.15, 0.2) is 0 Å². The highest BCUT2D eigenvalue weighted by molar-refractivity contribution is 9.10.